The van der Waals surface area contributed by atoms with E-state index in [0.717, 1.165) is 37.1 Å². The third-order valence-electron chi connectivity index (χ3n) is 3.87. The van der Waals surface area contributed by atoms with Crippen molar-refractivity contribution in [2.24, 2.45) is 5.92 Å². The molecule has 106 valence electrons. The summed E-state index contributed by atoms with van der Waals surface area (Å²) in [5.74, 6) is 0.838. The Bertz CT molecular complexity index is 602. The maximum Gasteiger partial charge on any atom is 0.308 e. The standard InChI is InChI=1S/C14H18N4O2/c1-20-14(19)10-2-4-11(5-3-10)16-12-7-9-18-13(17-12)6-8-15-18/h6-11H,2-5H2,1H3,(H,16,17). The number of hydrogen-bond donors (Lipinski definition) is 1. The number of hydrogen-bond acceptors (Lipinski definition) is 5. The molecule has 3 rings (SSSR count). The second-order valence-corrected chi connectivity index (χ2v) is 5.16. The van der Waals surface area contributed by atoms with Crippen molar-refractivity contribution in [1.29, 1.82) is 0 Å². The SMILES string of the molecule is COC(=O)C1CCC(Nc2ccn3nccc3n2)CC1. The summed E-state index contributed by atoms with van der Waals surface area (Å²) in [6, 6.07) is 4.17. The molecule has 2 aromatic heterocycles. The van der Waals surface area contributed by atoms with E-state index in [9.17, 15) is 4.79 Å². The van der Waals surface area contributed by atoms with Gasteiger partial charge in [0.1, 0.15) is 5.82 Å². The molecule has 0 amide bonds. The minimum absolute atomic E-state index is 0.0586. The van der Waals surface area contributed by atoms with Crippen LogP contribution in [0.15, 0.2) is 24.5 Å². The lowest BCUT2D eigenvalue weighted by Gasteiger charge is -2.27. The van der Waals surface area contributed by atoms with E-state index in [-0.39, 0.29) is 11.9 Å². The van der Waals surface area contributed by atoms with Gasteiger partial charge in [-0.1, -0.05) is 0 Å². The first-order chi connectivity index (χ1) is 9.76. The van der Waals surface area contributed by atoms with Crippen molar-refractivity contribution >= 4 is 17.4 Å². The smallest absolute Gasteiger partial charge is 0.308 e. The number of esters is 1. The fourth-order valence-corrected chi connectivity index (χ4v) is 2.74. The summed E-state index contributed by atoms with van der Waals surface area (Å²) in [7, 11) is 1.46. The number of nitrogens with zero attached hydrogens (tertiary/aromatic N) is 3. The molecule has 1 saturated carbocycles. The van der Waals surface area contributed by atoms with E-state index >= 15 is 0 Å². The predicted octanol–water partition coefficient (Wildman–Crippen LogP) is 1.87. The number of carbonyl (C=O) groups excluding carboxylic acids is 1. The van der Waals surface area contributed by atoms with Gasteiger partial charge in [-0.2, -0.15) is 5.10 Å². The minimum Gasteiger partial charge on any atom is -0.469 e. The highest BCUT2D eigenvalue weighted by Crippen LogP contribution is 2.27. The summed E-state index contributed by atoms with van der Waals surface area (Å²) in [5.41, 5.74) is 0.832. The highest BCUT2D eigenvalue weighted by Gasteiger charge is 2.26. The van der Waals surface area contributed by atoms with Gasteiger partial charge < -0.3 is 10.1 Å². The molecular weight excluding hydrogens is 256 g/mol. The first-order valence-electron chi connectivity index (χ1n) is 6.91. The zero-order valence-electron chi connectivity index (χ0n) is 11.5. The van der Waals surface area contributed by atoms with Gasteiger partial charge in [0.15, 0.2) is 5.65 Å². The normalized spacial score (nSPS) is 22.6. The fourth-order valence-electron chi connectivity index (χ4n) is 2.74. The van der Waals surface area contributed by atoms with E-state index in [0.29, 0.717) is 6.04 Å². The number of aromatic nitrogens is 3. The molecule has 0 radical (unpaired) electrons. The van der Waals surface area contributed by atoms with Crippen molar-refractivity contribution < 1.29 is 9.53 Å². The van der Waals surface area contributed by atoms with Gasteiger partial charge in [-0.3, -0.25) is 4.79 Å². The highest BCUT2D eigenvalue weighted by atomic mass is 16.5. The molecule has 0 spiro atoms. The van der Waals surface area contributed by atoms with Crippen LogP contribution in [-0.2, 0) is 9.53 Å². The summed E-state index contributed by atoms with van der Waals surface area (Å²) in [6.45, 7) is 0. The van der Waals surface area contributed by atoms with Gasteiger partial charge in [0, 0.05) is 18.3 Å². The minimum atomic E-state index is -0.0812. The van der Waals surface area contributed by atoms with Crippen LogP contribution in [0.5, 0.6) is 0 Å². The van der Waals surface area contributed by atoms with Gasteiger partial charge in [0.2, 0.25) is 0 Å². The molecule has 0 unspecified atom stereocenters. The van der Waals surface area contributed by atoms with Gasteiger partial charge in [-0.25, -0.2) is 9.50 Å². The number of fused-ring (bicyclic) bond motifs is 1. The number of rotatable bonds is 3. The van der Waals surface area contributed by atoms with Gasteiger partial charge in [-0.15, -0.1) is 0 Å². The van der Waals surface area contributed by atoms with E-state index < -0.39 is 0 Å². The number of anilines is 1. The molecule has 0 bridgehead atoms. The summed E-state index contributed by atoms with van der Waals surface area (Å²) >= 11 is 0. The Kier molecular flexibility index (Phi) is 3.54. The molecule has 0 saturated heterocycles. The lowest BCUT2D eigenvalue weighted by molar-refractivity contribution is -0.146. The summed E-state index contributed by atoms with van der Waals surface area (Å²) in [4.78, 5) is 16.0. The first-order valence-corrected chi connectivity index (χ1v) is 6.91. The van der Waals surface area contributed by atoms with Crippen LogP contribution in [-0.4, -0.2) is 33.7 Å². The summed E-state index contributed by atoms with van der Waals surface area (Å²) < 4.78 is 6.54. The number of ether oxygens (including phenoxy) is 1. The van der Waals surface area contributed by atoms with E-state index in [1.807, 2.05) is 18.3 Å². The molecule has 2 heterocycles. The van der Waals surface area contributed by atoms with Crippen molar-refractivity contribution in [1.82, 2.24) is 14.6 Å². The summed E-state index contributed by atoms with van der Waals surface area (Å²) in [5, 5.41) is 7.56. The van der Waals surface area contributed by atoms with Crippen LogP contribution in [0.25, 0.3) is 5.65 Å². The van der Waals surface area contributed by atoms with Crippen LogP contribution in [0, 0.1) is 5.92 Å². The highest BCUT2D eigenvalue weighted by molar-refractivity contribution is 5.72. The molecule has 1 N–H and O–H groups in total. The molecule has 0 aliphatic heterocycles. The maximum atomic E-state index is 11.5. The van der Waals surface area contributed by atoms with Crippen molar-refractivity contribution in [3.8, 4) is 0 Å². The zero-order valence-corrected chi connectivity index (χ0v) is 11.5. The van der Waals surface area contributed by atoms with E-state index in [2.05, 4.69) is 15.4 Å². The Balaban J connectivity index is 1.60. The van der Waals surface area contributed by atoms with Crippen LogP contribution in [0.3, 0.4) is 0 Å². The number of nitrogens with one attached hydrogen (secondary N) is 1. The van der Waals surface area contributed by atoms with Crippen LogP contribution >= 0.6 is 0 Å². The second-order valence-electron chi connectivity index (χ2n) is 5.16. The second kappa shape index (κ2) is 5.48. The van der Waals surface area contributed by atoms with Crippen LogP contribution in [0.4, 0.5) is 5.82 Å². The Morgan fingerprint density at radius 2 is 2.15 bits per heavy atom. The summed E-state index contributed by atoms with van der Waals surface area (Å²) in [6.07, 6.45) is 7.30. The lowest BCUT2D eigenvalue weighted by Crippen LogP contribution is -2.30. The molecule has 6 nitrogen and oxygen atoms in total. The molecule has 1 fully saturated rings. The molecular formula is C14H18N4O2. The van der Waals surface area contributed by atoms with Gasteiger partial charge >= 0.3 is 5.97 Å². The quantitative estimate of drug-likeness (QED) is 0.865. The van der Waals surface area contributed by atoms with Crippen molar-refractivity contribution in [2.75, 3.05) is 12.4 Å². The molecule has 2 aromatic rings. The third-order valence-corrected chi connectivity index (χ3v) is 3.87. The molecule has 0 atom stereocenters. The molecule has 6 heteroatoms. The molecule has 0 aromatic carbocycles. The first kappa shape index (κ1) is 12.9. The predicted molar refractivity (Wildman–Crippen MR) is 74.4 cm³/mol. The Labute approximate surface area is 117 Å². The largest absolute Gasteiger partial charge is 0.469 e. The fraction of sp³-hybridized carbons (Fsp3) is 0.500. The van der Waals surface area contributed by atoms with Crippen LogP contribution < -0.4 is 5.32 Å². The molecule has 1 aliphatic rings. The van der Waals surface area contributed by atoms with E-state index in [1.54, 1.807) is 10.7 Å². The van der Waals surface area contributed by atoms with E-state index in [1.165, 1.54) is 7.11 Å². The van der Waals surface area contributed by atoms with Gasteiger partial charge in [-0.05, 0) is 31.7 Å². The average molecular weight is 274 g/mol. The Morgan fingerprint density at radius 1 is 1.35 bits per heavy atom. The van der Waals surface area contributed by atoms with Gasteiger partial charge in [0.25, 0.3) is 0 Å². The van der Waals surface area contributed by atoms with Crippen molar-refractivity contribution in [3.63, 3.8) is 0 Å². The maximum absolute atomic E-state index is 11.5. The average Bonchev–Trinajstić information content (AvgIpc) is 2.95. The zero-order chi connectivity index (χ0) is 13.9. The van der Waals surface area contributed by atoms with Crippen LogP contribution in [0.2, 0.25) is 0 Å². The van der Waals surface area contributed by atoms with E-state index in [4.69, 9.17) is 4.74 Å². The van der Waals surface area contributed by atoms with Crippen molar-refractivity contribution in [3.05, 3.63) is 24.5 Å². The Hall–Kier alpha value is -2.11. The Morgan fingerprint density at radius 3 is 2.90 bits per heavy atom. The van der Waals surface area contributed by atoms with Crippen LogP contribution in [0.1, 0.15) is 25.7 Å². The monoisotopic (exact) mass is 274 g/mol. The lowest BCUT2D eigenvalue weighted by atomic mass is 9.86. The number of methoxy groups -OCH3 is 1. The topological polar surface area (TPSA) is 68.5 Å². The van der Waals surface area contributed by atoms with Crippen molar-refractivity contribution in [2.45, 2.75) is 31.7 Å². The number of carbonyl (C=O) groups is 1. The molecule has 20 heavy (non-hydrogen) atoms. The third kappa shape index (κ3) is 2.59. The van der Waals surface area contributed by atoms with Gasteiger partial charge in [0.05, 0.1) is 19.2 Å². The molecule has 1 aliphatic carbocycles.